The lowest BCUT2D eigenvalue weighted by molar-refractivity contribution is 0.102. The number of nitrogens with one attached hydrogen (secondary N) is 1. The molecule has 0 saturated carbocycles. The smallest absolute Gasteiger partial charge is 0.278 e. The highest BCUT2D eigenvalue weighted by Crippen LogP contribution is 2.23. The van der Waals surface area contributed by atoms with Gasteiger partial charge in [0, 0.05) is 23.8 Å². The predicted octanol–water partition coefficient (Wildman–Crippen LogP) is 4.47. The van der Waals surface area contributed by atoms with Crippen LogP contribution in [0.3, 0.4) is 0 Å². The molecule has 0 aliphatic rings. The first-order valence-electron chi connectivity index (χ1n) is 9.95. The van der Waals surface area contributed by atoms with Gasteiger partial charge in [0.1, 0.15) is 0 Å². The van der Waals surface area contributed by atoms with Gasteiger partial charge in [-0.15, -0.1) is 5.10 Å². The number of aryl methyl sites for hydroxylation is 2. The fourth-order valence-electron chi connectivity index (χ4n) is 3.01. The Labute approximate surface area is 184 Å². The fraction of sp³-hybridized carbons (Fsp3) is 0.174. The van der Waals surface area contributed by atoms with Gasteiger partial charge in [-0.25, -0.2) is 14.6 Å². The number of carbonyl (C=O) groups is 1. The molecule has 2 heterocycles. The van der Waals surface area contributed by atoms with Gasteiger partial charge in [-0.3, -0.25) is 4.79 Å². The third-order valence-corrected chi connectivity index (χ3v) is 5.64. The van der Waals surface area contributed by atoms with Crippen molar-refractivity contribution in [3.63, 3.8) is 0 Å². The molecule has 0 fully saturated rings. The molecule has 2 aromatic carbocycles. The van der Waals surface area contributed by atoms with Crippen LogP contribution in [0.25, 0.3) is 5.69 Å². The van der Waals surface area contributed by atoms with Gasteiger partial charge in [-0.1, -0.05) is 53.7 Å². The number of aromatic nitrogens is 5. The van der Waals surface area contributed by atoms with Crippen LogP contribution in [0.15, 0.2) is 72.1 Å². The Balaban J connectivity index is 1.63. The maximum absolute atomic E-state index is 13.0. The number of carbonyl (C=O) groups excluding carboxylic acids is 1. The first-order chi connectivity index (χ1) is 15.1. The summed E-state index contributed by atoms with van der Waals surface area (Å²) in [6.45, 7) is 4.12. The van der Waals surface area contributed by atoms with Gasteiger partial charge < -0.3 is 5.32 Å². The lowest BCUT2D eigenvalue weighted by Gasteiger charge is -2.09. The van der Waals surface area contributed by atoms with Crippen LogP contribution in [0.1, 0.15) is 34.2 Å². The predicted molar refractivity (Wildman–Crippen MR) is 121 cm³/mol. The van der Waals surface area contributed by atoms with Crippen molar-refractivity contribution in [2.24, 2.45) is 0 Å². The van der Waals surface area contributed by atoms with Gasteiger partial charge in [0.05, 0.1) is 11.4 Å². The summed E-state index contributed by atoms with van der Waals surface area (Å²) in [5.74, 6) is 0.148. The number of rotatable bonds is 7. The zero-order valence-corrected chi connectivity index (χ0v) is 18.1. The maximum atomic E-state index is 13.0. The molecule has 0 aliphatic heterocycles. The molecule has 0 bridgehead atoms. The maximum Gasteiger partial charge on any atom is 0.278 e. The molecule has 31 heavy (non-hydrogen) atoms. The second kappa shape index (κ2) is 9.53. The van der Waals surface area contributed by atoms with Crippen LogP contribution in [0.2, 0.25) is 0 Å². The first kappa shape index (κ1) is 20.7. The van der Waals surface area contributed by atoms with Crippen molar-refractivity contribution >= 4 is 23.4 Å². The zero-order valence-electron chi connectivity index (χ0n) is 17.3. The Bertz CT molecular complexity index is 1160. The minimum absolute atomic E-state index is 0.281. The average Bonchev–Trinajstić information content (AvgIpc) is 3.23. The number of nitrogens with zero attached hydrogens (tertiary/aromatic N) is 5. The van der Waals surface area contributed by atoms with Crippen molar-refractivity contribution in [3.8, 4) is 5.69 Å². The number of thioether (sulfide) groups is 1. The lowest BCUT2D eigenvalue weighted by Crippen LogP contribution is -2.15. The number of anilines is 1. The number of hydrogen-bond acceptors (Lipinski definition) is 6. The Morgan fingerprint density at radius 2 is 1.74 bits per heavy atom. The summed E-state index contributed by atoms with van der Waals surface area (Å²) in [6.07, 6.45) is 4.33. The van der Waals surface area contributed by atoms with Crippen LogP contribution in [-0.4, -0.2) is 30.9 Å². The summed E-state index contributed by atoms with van der Waals surface area (Å²) < 4.78 is 1.70. The van der Waals surface area contributed by atoms with Crippen LogP contribution >= 0.6 is 11.8 Å². The summed E-state index contributed by atoms with van der Waals surface area (Å²) in [7, 11) is 0. The summed E-state index contributed by atoms with van der Waals surface area (Å²) in [5.41, 5.74) is 4.88. The molecule has 0 unspecified atom stereocenters. The van der Waals surface area contributed by atoms with E-state index in [1.165, 1.54) is 17.3 Å². The van der Waals surface area contributed by atoms with E-state index >= 15 is 0 Å². The van der Waals surface area contributed by atoms with E-state index in [0.717, 1.165) is 23.4 Å². The summed E-state index contributed by atoms with van der Waals surface area (Å²) in [5, 5.41) is 12.0. The SMILES string of the molecule is CCc1ccc(NC(=O)c2nnn(-c3ccc(C)cc3)c2CSc2ncccn2)cc1. The van der Waals surface area contributed by atoms with Crippen molar-refractivity contribution in [1.82, 2.24) is 25.0 Å². The Hall–Kier alpha value is -3.52. The molecule has 8 heteroatoms. The van der Waals surface area contributed by atoms with E-state index < -0.39 is 0 Å². The van der Waals surface area contributed by atoms with Gasteiger partial charge in [-0.05, 0) is 49.2 Å². The molecule has 2 aromatic heterocycles. The fourth-order valence-corrected chi connectivity index (χ4v) is 3.80. The van der Waals surface area contributed by atoms with Crippen molar-refractivity contribution in [2.75, 3.05) is 5.32 Å². The average molecular weight is 431 g/mol. The highest BCUT2D eigenvalue weighted by Gasteiger charge is 2.21. The van der Waals surface area contributed by atoms with E-state index in [2.05, 4.69) is 32.5 Å². The van der Waals surface area contributed by atoms with Crippen LogP contribution in [0, 0.1) is 6.92 Å². The van der Waals surface area contributed by atoms with Gasteiger partial charge in [0.15, 0.2) is 10.9 Å². The third-order valence-electron chi connectivity index (χ3n) is 4.76. The molecule has 4 rings (SSSR count). The molecule has 0 radical (unpaired) electrons. The molecule has 7 nitrogen and oxygen atoms in total. The number of benzene rings is 2. The van der Waals surface area contributed by atoms with Gasteiger partial charge in [-0.2, -0.15) is 0 Å². The molecular weight excluding hydrogens is 408 g/mol. The number of amides is 1. The van der Waals surface area contributed by atoms with Crippen LogP contribution in [0.4, 0.5) is 5.69 Å². The summed E-state index contributed by atoms with van der Waals surface area (Å²) >= 11 is 1.43. The largest absolute Gasteiger partial charge is 0.321 e. The van der Waals surface area contributed by atoms with E-state index in [9.17, 15) is 4.79 Å². The van der Waals surface area contributed by atoms with Crippen molar-refractivity contribution in [2.45, 2.75) is 31.2 Å². The molecule has 4 aromatic rings. The van der Waals surface area contributed by atoms with Gasteiger partial charge in [0.2, 0.25) is 0 Å². The van der Waals surface area contributed by atoms with E-state index in [0.29, 0.717) is 16.6 Å². The molecule has 0 spiro atoms. The lowest BCUT2D eigenvalue weighted by atomic mass is 10.1. The molecule has 1 N–H and O–H groups in total. The molecule has 0 aliphatic carbocycles. The van der Waals surface area contributed by atoms with Gasteiger partial charge >= 0.3 is 0 Å². The first-order valence-corrected chi connectivity index (χ1v) is 10.9. The Kier molecular flexibility index (Phi) is 6.37. The van der Waals surface area contributed by atoms with E-state index in [-0.39, 0.29) is 11.6 Å². The highest BCUT2D eigenvalue weighted by molar-refractivity contribution is 7.98. The summed E-state index contributed by atoms with van der Waals surface area (Å²) in [4.78, 5) is 21.5. The molecular formula is C23H22N6OS. The Morgan fingerprint density at radius 3 is 2.42 bits per heavy atom. The summed E-state index contributed by atoms with van der Waals surface area (Å²) in [6, 6.07) is 17.5. The quantitative estimate of drug-likeness (QED) is 0.344. The Morgan fingerprint density at radius 1 is 1.03 bits per heavy atom. The zero-order chi connectivity index (χ0) is 21.6. The van der Waals surface area contributed by atoms with Crippen molar-refractivity contribution in [3.05, 3.63) is 89.5 Å². The minimum atomic E-state index is -0.299. The second-order valence-corrected chi connectivity index (χ2v) is 7.90. The molecule has 156 valence electrons. The minimum Gasteiger partial charge on any atom is -0.321 e. The van der Waals surface area contributed by atoms with Crippen molar-refractivity contribution < 1.29 is 4.79 Å². The number of hydrogen-bond donors (Lipinski definition) is 1. The highest BCUT2D eigenvalue weighted by atomic mass is 32.2. The van der Waals surface area contributed by atoms with Crippen LogP contribution in [0.5, 0.6) is 0 Å². The van der Waals surface area contributed by atoms with Gasteiger partial charge in [0.25, 0.3) is 5.91 Å². The van der Waals surface area contributed by atoms with E-state index in [1.807, 2.05) is 55.5 Å². The molecule has 0 atom stereocenters. The normalized spacial score (nSPS) is 10.8. The van der Waals surface area contributed by atoms with Crippen LogP contribution in [-0.2, 0) is 12.2 Å². The second-order valence-electron chi connectivity index (χ2n) is 6.96. The molecule has 1 amide bonds. The molecule has 0 saturated heterocycles. The van der Waals surface area contributed by atoms with Crippen molar-refractivity contribution in [1.29, 1.82) is 0 Å². The third kappa shape index (κ3) is 4.97. The monoisotopic (exact) mass is 430 g/mol. The standard InChI is InChI=1S/C23H22N6OS/c1-3-17-7-9-18(10-8-17)26-22(30)21-20(15-31-23-24-13-4-14-25-23)29(28-27-21)19-11-5-16(2)6-12-19/h4-14H,3,15H2,1-2H3,(H,26,30). The van der Waals surface area contributed by atoms with Crippen LogP contribution < -0.4 is 5.32 Å². The van der Waals surface area contributed by atoms with E-state index in [1.54, 1.807) is 23.1 Å². The van der Waals surface area contributed by atoms with E-state index in [4.69, 9.17) is 0 Å². The topological polar surface area (TPSA) is 85.6 Å².